The van der Waals surface area contributed by atoms with E-state index in [1.807, 2.05) is 51.4 Å². The highest BCUT2D eigenvalue weighted by molar-refractivity contribution is 5.66. The first-order valence-corrected chi connectivity index (χ1v) is 16.3. The number of nitrogens with one attached hydrogen (secondary N) is 2. The third kappa shape index (κ3) is 11.7. The SMILES string of the molecule is C/C=C(F)\C=C/CNC.CC.CC1=CC=Cc2nc(C3(C)CC(C4C=C(N=CCCCCC(=O)O)C(CO)=CC4)N(C)O3)[nH]c2C1. The van der Waals surface area contributed by atoms with Gasteiger partial charge in [-0.05, 0) is 71.2 Å². The van der Waals surface area contributed by atoms with Crippen LogP contribution in [0.5, 0.6) is 0 Å². The standard InChI is InChI=1S/C27H36N4O4.C7H12FN.C2H6/c1-18-8-7-9-21-23(14-18)30-26(29-21)27(2)16-24(31(3)35-27)19-11-12-20(17-32)22(15-19)28-13-6-4-5-10-25(33)34;1-3-7(8)5-4-6-9-2;1-2/h7-9,12-13,15,19,24,32H,4-6,10-11,14,16-17H2,1-3H3,(H,29,30)(H,33,34);3-5,9H,6H2,1-2H3;1-2H3/b;5-4-,7-3+;. The highest BCUT2D eigenvalue weighted by Gasteiger charge is 2.47. The van der Waals surface area contributed by atoms with E-state index in [2.05, 4.69) is 47.4 Å². The maximum absolute atomic E-state index is 12.2. The van der Waals surface area contributed by atoms with Crippen molar-refractivity contribution in [1.29, 1.82) is 0 Å². The van der Waals surface area contributed by atoms with Gasteiger partial charge in [0.1, 0.15) is 17.3 Å². The summed E-state index contributed by atoms with van der Waals surface area (Å²) in [4.78, 5) is 30.1. The molecule has 0 saturated carbocycles. The van der Waals surface area contributed by atoms with Crippen molar-refractivity contribution in [2.45, 2.75) is 91.2 Å². The maximum Gasteiger partial charge on any atom is 0.303 e. The number of likely N-dealkylation sites (N-methyl/N-ethyl adjacent to an activating group) is 1. The van der Waals surface area contributed by atoms with Crippen molar-refractivity contribution in [2.24, 2.45) is 10.9 Å². The monoisotopic (exact) mass is 639 g/mol. The largest absolute Gasteiger partial charge is 0.481 e. The first-order valence-electron chi connectivity index (χ1n) is 16.3. The van der Waals surface area contributed by atoms with Gasteiger partial charge in [-0.25, -0.2) is 9.37 Å². The zero-order chi connectivity index (χ0) is 34.1. The summed E-state index contributed by atoms with van der Waals surface area (Å²) in [6, 6.07) is 0.138. The molecular weight excluding hydrogens is 585 g/mol. The van der Waals surface area contributed by atoms with E-state index in [-0.39, 0.29) is 30.8 Å². The number of aliphatic hydroxyl groups excluding tert-OH is 1. The second kappa shape index (κ2) is 19.9. The number of H-pyrrole nitrogens is 1. The van der Waals surface area contributed by atoms with Gasteiger partial charge in [0.25, 0.3) is 0 Å². The Morgan fingerprint density at radius 1 is 1.35 bits per heavy atom. The van der Waals surface area contributed by atoms with Gasteiger partial charge in [0.15, 0.2) is 0 Å². The number of carboxylic acid groups (broad SMARTS) is 1. The van der Waals surface area contributed by atoms with Crippen LogP contribution < -0.4 is 5.32 Å². The van der Waals surface area contributed by atoms with E-state index >= 15 is 0 Å². The van der Waals surface area contributed by atoms with Gasteiger partial charge < -0.3 is 20.5 Å². The summed E-state index contributed by atoms with van der Waals surface area (Å²) >= 11 is 0. The van der Waals surface area contributed by atoms with Gasteiger partial charge in [-0.15, -0.1) is 0 Å². The molecule has 1 aromatic heterocycles. The zero-order valence-electron chi connectivity index (χ0n) is 28.6. The number of allylic oxidation sites excluding steroid dienone is 7. The first-order chi connectivity index (χ1) is 22.1. The van der Waals surface area contributed by atoms with Gasteiger partial charge in [-0.2, -0.15) is 5.06 Å². The number of aliphatic carboxylic acids is 1. The lowest BCUT2D eigenvalue weighted by atomic mass is 9.83. The van der Waals surface area contributed by atoms with E-state index in [1.54, 1.807) is 13.0 Å². The average molecular weight is 640 g/mol. The molecule has 0 aromatic carbocycles. The maximum atomic E-state index is 12.2. The van der Waals surface area contributed by atoms with Crippen LogP contribution in [0.1, 0.15) is 90.4 Å². The Kier molecular flexibility index (Phi) is 16.8. The predicted octanol–water partition coefficient (Wildman–Crippen LogP) is 6.98. The van der Waals surface area contributed by atoms with Crippen LogP contribution in [-0.4, -0.2) is 70.7 Å². The molecular formula is C36H54FN5O4. The summed E-state index contributed by atoms with van der Waals surface area (Å²) in [5.41, 5.74) is 4.44. The number of imidazole rings is 1. The summed E-state index contributed by atoms with van der Waals surface area (Å²) in [5, 5.41) is 23.4. The van der Waals surface area contributed by atoms with Gasteiger partial charge in [0.2, 0.25) is 0 Å². The van der Waals surface area contributed by atoms with Crippen LogP contribution in [0.4, 0.5) is 4.39 Å². The van der Waals surface area contributed by atoms with E-state index < -0.39 is 11.6 Å². The Morgan fingerprint density at radius 2 is 2.11 bits per heavy atom. The highest BCUT2D eigenvalue weighted by atomic mass is 19.1. The number of halogens is 1. The van der Waals surface area contributed by atoms with E-state index in [1.165, 1.54) is 17.7 Å². The Labute approximate surface area is 274 Å². The third-order valence-corrected chi connectivity index (χ3v) is 7.89. The molecule has 9 nitrogen and oxygen atoms in total. The van der Waals surface area contributed by atoms with Crippen LogP contribution in [0.2, 0.25) is 0 Å². The van der Waals surface area contributed by atoms with Crippen LogP contribution in [0.3, 0.4) is 0 Å². The molecule has 1 fully saturated rings. The fourth-order valence-electron chi connectivity index (χ4n) is 5.46. The number of hydrogen-bond acceptors (Lipinski definition) is 7. The minimum atomic E-state index is -0.770. The number of rotatable bonds is 12. The van der Waals surface area contributed by atoms with Crippen molar-refractivity contribution in [3.63, 3.8) is 0 Å². The molecule has 46 heavy (non-hydrogen) atoms. The summed E-state index contributed by atoms with van der Waals surface area (Å²) in [6.07, 6.45) is 21.6. The highest BCUT2D eigenvalue weighted by Crippen LogP contribution is 2.43. The predicted molar refractivity (Wildman–Crippen MR) is 185 cm³/mol. The second-order valence-electron chi connectivity index (χ2n) is 11.6. The molecule has 0 spiro atoms. The van der Waals surface area contributed by atoms with E-state index in [9.17, 15) is 14.3 Å². The molecule has 0 amide bonds. The van der Waals surface area contributed by atoms with Crippen molar-refractivity contribution < 1.29 is 24.2 Å². The van der Waals surface area contributed by atoms with Crippen LogP contribution in [0.25, 0.3) is 6.08 Å². The molecule has 4 rings (SSSR count). The zero-order valence-corrected chi connectivity index (χ0v) is 28.6. The van der Waals surface area contributed by atoms with Crippen molar-refractivity contribution in [1.82, 2.24) is 20.3 Å². The summed E-state index contributed by atoms with van der Waals surface area (Å²) in [5.74, 6) is 0.0791. The molecule has 3 atom stereocenters. The molecule has 254 valence electrons. The molecule has 3 aliphatic rings. The number of carbonyl (C=O) groups is 1. The number of hydroxylamine groups is 2. The average Bonchev–Trinajstić information content (AvgIpc) is 3.54. The van der Waals surface area contributed by atoms with Crippen molar-refractivity contribution in [2.75, 3.05) is 27.2 Å². The molecule has 0 radical (unpaired) electrons. The molecule has 10 heteroatoms. The number of aromatic nitrogens is 2. The first kappa shape index (κ1) is 38.7. The van der Waals surface area contributed by atoms with Crippen LogP contribution >= 0.6 is 0 Å². The van der Waals surface area contributed by atoms with Crippen molar-refractivity contribution in [3.8, 4) is 0 Å². The quantitative estimate of drug-likeness (QED) is 0.111. The van der Waals surface area contributed by atoms with E-state index in [4.69, 9.17) is 14.9 Å². The number of carboxylic acids is 1. The molecule has 1 aliphatic heterocycles. The molecule has 1 saturated heterocycles. The Bertz CT molecular complexity index is 1340. The molecule has 3 unspecified atom stereocenters. The van der Waals surface area contributed by atoms with Gasteiger partial charge in [0.05, 0.1) is 18.0 Å². The van der Waals surface area contributed by atoms with Crippen molar-refractivity contribution >= 4 is 18.3 Å². The van der Waals surface area contributed by atoms with Crippen LogP contribution in [0, 0.1) is 5.92 Å². The van der Waals surface area contributed by atoms with Crippen molar-refractivity contribution in [3.05, 3.63) is 82.4 Å². The third-order valence-electron chi connectivity index (χ3n) is 7.89. The lowest BCUT2D eigenvalue weighted by Gasteiger charge is -2.27. The molecule has 2 heterocycles. The Hall–Kier alpha value is -3.44. The Balaban J connectivity index is 0.000000579. The molecule has 4 N–H and O–H groups in total. The lowest BCUT2D eigenvalue weighted by Crippen LogP contribution is -2.31. The molecule has 0 bridgehead atoms. The normalized spacial score (nSPS) is 23.2. The molecule has 2 aliphatic carbocycles. The summed E-state index contributed by atoms with van der Waals surface area (Å²) in [7, 11) is 3.79. The van der Waals surface area contributed by atoms with Gasteiger partial charge >= 0.3 is 5.97 Å². The van der Waals surface area contributed by atoms with Gasteiger partial charge in [0, 0.05) is 56.7 Å². The number of aliphatic hydroxyl groups is 1. The summed E-state index contributed by atoms with van der Waals surface area (Å²) < 4.78 is 12.2. The fraction of sp³-hybridized carbons (Fsp3) is 0.528. The molecule has 1 aromatic rings. The number of aromatic amines is 1. The minimum absolute atomic E-state index is 0.0526. The number of aliphatic imine (C=N–C) groups is 1. The number of nitrogens with zero attached hydrogens (tertiary/aromatic N) is 3. The van der Waals surface area contributed by atoms with E-state index in [0.717, 1.165) is 54.2 Å². The fourth-order valence-corrected chi connectivity index (χ4v) is 5.46. The second-order valence-corrected chi connectivity index (χ2v) is 11.6. The smallest absolute Gasteiger partial charge is 0.303 e. The van der Waals surface area contributed by atoms with Crippen LogP contribution in [-0.2, 0) is 21.7 Å². The number of hydrogen-bond donors (Lipinski definition) is 4. The van der Waals surface area contributed by atoms with E-state index in [0.29, 0.717) is 19.4 Å². The lowest BCUT2D eigenvalue weighted by molar-refractivity contribution is -0.193. The number of unbranched alkanes of at least 4 members (excludes halogenated alkanes) is 2. The Morgan fingerprint density at radius 3 is 2.78 bits per heavy atom. The number of fused-ring (bicyclic) bond motifs is 1. The van der Waals surface area contributed by atoms with Gasteiger partial charge in [-0.1, -0.05) is 55.9 Å². The summed E-state index contributed by atoms with van der Waals surface area (Å²) in [6.45, 7) is 10.5. The topological polar surface area (TPSA) is 123 Å². The van der Waals surface area contributed by atoms with Crippen LogP contribution in [0.15, 0.2) is 70.2 Å². The van der Waals surface area contributed by atoms with Gasteiger partial charge in [-0.3, -0.25) is 14.6 Å². The minimum Gasteiger partial charge on any atom is -0.481 e.